The molecule has 0 saturated heterocycles. The van der Waals surface area contributed by atoms with Gasteiger partial charge in [-0.1, -0.05) is 12.2 Å². The third kappa shape index (κ3) is 0.617. The van der Waals surface area contributed by atoms with Crippen molar-refractivity contribution in [3.63, 3.8) is 0 Å². The maximum Gasteiger partial charge on any atom is -0.0232 e. The van der Waals surface area contributed by atoms with Crippen LogP contribution in [0, 0.1) is 10.8 Å². The molecule has 0 aliphatic heterocycles. The Labute approximate surface area is 68.7 Å². The second-order valence-electron chi connectivity index (χ2n) is 4.79. The molecule has 11 heavy (non-hydrogen) atoms. The highest BCUT2D eigenvalue weighted by atomic mass is 14.8. The smallest absolute Gasteiger partial charge is 0.0232 e. The molecule has 0 heteroatoms. The average Bonchev–Trinajstić information content (AvgIpc) is 2.43. The molecule has 0 amide bonds. The molecule has 0 aromatic carbocycles. The second kappa shape index (κ2) is 1.73. The van der Waals surface area contributed by atoms with Crippen LogP contribution in [0.3, 0.4) is 0 Å². The first kappa shape index (κ1) is 6.28. The standard InChI is InChI=1S/C11H16/c1-2-4-6-11-8-7-10(11,9-11)5-3-1/h1-2H,3-9H2/b2-1-. The van der Waals surface area contributed by atoms with E-state index >= 15 is 0 Å². The molecule has 2 fully saturated rings. The van der Waals surface area contributed by atoms with Crippen molar-refractivity contribution in [2.24, 2.45) is 10.8 Å². The van der Waals surface area contributed by atoms with E-state index in [0.717, 1.165) is 10.8 Å². The third-order valence-electron chi connectivity index (χ3n) is 4.50. The van der Waals surface area contributed by atoms with Gasteiger partial charge in [-0.25, -0.2) is 0 Å². The van der Waals surface area contributed by atoms with E-state index in [1.54, 1.807) is 19.3 Å². The first-order valence-corrected chi connectivity index (χ1v) is 5.02. The summed E-state index contributed by atoms with van der Waals surface area (Å²) in [5.74, 6) is 0. The summed E-state index contributed by atoms with van der Waals surface area (Å²) < 4.78 is 0. The summed E-state index contributed by atoms with van der Waals surface area (Å²) in [4.78, 5) is 0. The maximum atomic E-state index is 2.40. The minimum Gasteiger partial charge on any atom is -0.0885 e. The summed E-state index contributed by atoms with van der Waals surface area (Å²) in [5, 5.41) is 0. The van der Waals surface area contributed by atoms with E-state index in [1.165, 1.54) is 25.7 Å². The van der Waals surface area contributed by atoms with Gasteiger partial charge in [0, 0.05) is 0 Å². The molecule has 3 rings (SSSR count). The van der Waals surface area contributed by atoms with Crippen LogP contribution in [0.2, 0.25) is 0 Å². The van der Waals surface area contributed by atoms with Gasteiger partial charge in [-0.3, -0.25) is 0 Å². The van der Waals surface area contributed by atoms with Crippen molar-refractivity contribution in [2.45, 2.75) is 44.9 Å². The lowest BCUT2D eigenvalue weighted by atomic mass is 9.69. The minimum absolute atomic E-state index is 0.887. The van der Waals surface area contributed by atoms with Gasteiger partial charge in [0.2, 0.25) is 0 Å². The van der Waals surface area contributed by atoms with Gasteiger partial charge in [0.25, 0.3) is 0 Å². The van der Waals surface area contributed by atoms with Gasteiger partial charge >= 0.3 is 0 Å². The molecular weight excluding hydrogens is 132 g/mol. The number of hydrogen-bond donors (Lipinski definition) is 0. The highest BCUT2D eigenvalue weighted by Crippen LogP contribution is 2.81. The van der Waals surface area contributed by atoms with E-state index in [0.29, 0.717) is 0 Å². The van der Waals surface area contributed by atoms with Gasteiger partial charge < -0.3 is 0 Å². The van der Waals surface area contributed by atoms with Gasteiger partial charge in [0.05, 0.1) is 0 Å². The lowest BCUT2D eigenvalue weighted by Gasteiger charge is -2.36. The Morgan fingerprint density at radius 2 is 1.27 bits per heavy atom. The molecule has 60 valence electrons. The Balaban J connectivity index is 1.85. The Bertz CT molecular complexity index is 194. The third-order valence-corrected chi connectivity index (χ3v) is 4.50. The van der Waals surface area contributed by atoms with Crippen LogP contribution in [0.4, 0.5) is 0 Å². The molecule has 2 saturated carbocycles. The van der Waals surface area contributed by atoms with Gasteiger partial charge in [0.15, 0.2) is 0 Å². The average molecular weight is 148 g/mol. The van der Waals surface area contributed by atoms with Crippen LogP contribution in [-0.4, -0.2) is 0 Å². The SMILES string of the molecule is C1=C\CCC23CCC2(CC/1)C3. The van der Waals surface area contributed by atoms with Crippen LogP contribution < -0.4 is 0 Å². The monoisotopic (exact) mass is 148 g/mol. The molecule has 0 spiro atoms. The van der Waals surface area contributed by atoms with Crippen LogP contribution >= 0.6 is 0 Å². The van der Waals surface area contributed by atoms with E-state index in [4.69, 9.17) is 0 Å². The van der Waals surface area contributed by atoms with Gasteiger partial charge in [-0.15, -0.1) is 0 Å². The van der Waals surface area contributed by atoms with Crippen LogP contribution in [0.25, 0.3) is 0 Å². The van der Waals surface area contributed by atoms with Crippen molar-refractivity contribution in [1.29, 1.82) is 0 Å². The number of allylic oxidation sites excluding steroid dienone is 2. The summed E-state index contributed by atoms with van der Waals surface area (Å²) in [6.07, 6.45) is 15.2. The predicted octanol–water partition coefficient (Wildman–Crippen LogP) is 3.29. The zero-order valence-corrected chi connectivity index (χ0v) is 7.10. The molecule has 0 heterocycles. The van der Waals surface area contributed by atoms with Gasteiger partial charge in [-0.2, -0.15) is 0 Å². The second-order valence-corrected chi connectivity index (χ2v) is 4.79. The molecular formula is C11H16. The van der Waals surface area contributed by atoms with Crippen molar-refractivity contribution in [3.8, 4) is 0 Å². The number of rotatable bonds is 0. The van der Waals surface area contributed by atoms with E-state index < -0.39 is 0 Å². The van der Waals surface area contributed by atoms with Crippen molar-refractivity contribution in [2.75, 3.05) is 0 Å². The highest BCUT2D eigenvalue weighted by Gasteiger charge is 2.71. The molecule has 2 unspecified atom stereocenters. The lowest BCUT2D eigenvalue weighted by Crippen LogP contribution is -2.25. The maximum absolute atomic E-state index is 2.40. The molecule has 0 radical (unpaired) electrons. The van der Waals surface area contributed by atoms with Crippen molar-refractivity contribution in [3.05, 3.63) is 12.2 Å². The van der Waals surface area contributed by atoms with Crippen molar-refractivity contribution >= 4 is 0 Å². The summed E-state index contributed by atoms with van der Waals surface area (Å²) in [5.41, 5.74) is 1.77. The molecule has 2 atom stereocenters. The van der Waals surface area contributed by atoms with Crippen LogP contribution in [0.15, 0.2) is 12.2 Å². The van der Waals surface area contributed by atoms with E-state index in [9.17, 15) is 0 Å². The predicted molar refractivity (Wildman–Crippen MR) is 46.3 cm³/mol. The molecule has 3 aliphatic rings. The summed E-state index contributed by atoms with van der Waals surface area (Å²) in [7, 11) is 0. The normalized spacial score (nSPS) is 56.0. The fraction of sp³-hybridized carbons (Fsp3) is 0.818. The number of hydrogen-bond acceptors (Lipinski definition) is 0. The molecule has 0 bridgehead atoms. The van der Waals surface area contributed by atoms with Crippen LogP contribution in [0.5, 0.6) is 0 Å². The van der Waals surface area contributed by atoms with Crippen molar-refractivity contribution in [1.82, 2.24) is 0 Å². The molecule has 0 aromatic heterocycles. The topological polar surface area (TPSA) is 0 Å². The molecule has 0 nitrogen and oxygen atoms in total. The highest BCUT2D eigenvalue weighted by molar-refractivity contribution is 5.23. The first-order valence-electron chi connectivity index (χ1n) is 5.02. The molecule has 3 aliphatic carbocycles. The Kier molecular flexibility index (Phi) is 0.987. The quantitative estimate of drug-likeness (QED) is 0.462. The fourth-order valence-corrected chi connectivity index (χ4v) is 3.52. The summed E-state index contributed by atoms with van der Waals surface area (Å²) in [6, 6.07) is 0. The fourth-order valence-electron chi connectivity index (χ4n) is 3.52. The van der Waals surface area contributed by atoms with E-state index in [1.807, 2.05) is 0 Å². The Morgan fingerprint density at radius 3 is 1.73 bits per heavy atom. The summed E-state index contributed by atoms with van der Waals surface area (Å²) in [6.45, 7) is 0. The summed E-state index contributed by atoms with van der Waals surface area (Å²) >= 11 is 0. The molecule has 0 aromatic rings. The Morgan fingerprint density at radius 1 is 0.727 bits per heavy atom. The van der Waals surface area contributed by atoms with E-state index in [2.05, 4.69) is 12.2 Å². The Hall–Kier alpha value is -0.260. The molecule has 0 N–H and O–H groups in total. The largest absolute Gasteiger partial charge is 0.0885 e. The van der Waals surface area contributed by atoms with Crippen LogP contribution in [-0.2, 0) is 0 Å². The minimum atomic E-state index is 0.887. The zero-order valence-electron chi connectivity index (χ0n) is 7.10. The van der Waals surface area contributed by atoms with Crippen LogP contribution in [0.1, 0.15) is 44.9 Å². The van der Waals surface area contributed by atoms with E-state index in [-0.39, 0.29) is 0 Å². The zero-order chi connectivity index (χ0) is 7.36. The first-order chi connectivity index (χ1) is 5.37. The van der Waals surface area contributed by atoms with Gasteiger partial charge in [-0.05, 0) is 55.8 Å². The van der Waals surface area contributed by atoms with Gasteiger partial charge in [0.1, 0.15) is 0 Å². The van der Waals surface area contributed by atoms with Crippen molar-refractivity contribution < 1.29 is 0 Å². The lowest BCUT2D eigenvalue weighted by molar-refractivity contribution is 0.153.